The lowest BCUT2D eigenvalue weighted by molar-refractivity contribution is -0.139. The quantitative estimate of drug-likeness (QED) is 0.540. The van der Waals surface area contributed by atoms with E-state index in [9.17, 15) is 18.0 Å². The summed E-state index contributed by atoms with van der Waals surface area (Å²) in [4.78, 5) is 11.0. The number of aromatic carboxylic acids is 1. The summed E-state index contributed by atoms with van der Waals surface area (Å²) in [6.45, 7) is 1.60. The van der Waals surface area contributed by atoms with Crippen LogP contribution in [0.2, 0.25) is 0 Å². The number of alkyl halides is 3. The smallest absolute Gasteiger partial charge is 0.399 e. The van der Waals surface area contributed by atoms with Crippen LogP contribution < -0.4 is 0 Å². The highest BCUT2D eigenvalue weighted by Gasteiger charge is 2.39. The number of allylic oxidation sites excluding steroid dienone is 1. The van der Waals surface area contributed by atoms with Gasteiger partial charge in [0.1, 0.15) is 0 Å². The van der Waals surface area contributed by atoms with Crippen molar-refractivity contribution in [1.82, 2.24) is 0 Å². The Hall–Kier alpha value is -1.60. The van der Waals surface area contributed by atoms with Crippen LogP contribution in [0.4, 0.5) is 13.2 Å². The van der Waals surface area contributed by atoms with E-state index in [2.05, 4.69) is 31.9 Å². The van der Waals surface area contributed by atoms with Crippen LogP contribution in [0.15, 0.2) is 51.4 Å². The fourth-order valence-electron chi connectivity index (χ4n) is 2.40. The van der Waals surface area contributed by atoms with E-state index >= 15 is 0 Å². The first-order chi connectivity index (χ1) is 11.6. The highest BCUT2D eigenvalue weighted by atomic mass is 79.9. The van der Waals surface area contributed by atoms with Gasteiger partial charge in [-0.05, 0) is 47.9 Å². The van der Waals surface area contributed by atoms with E-state index < -0.39 is 18.1 Å². The maximum absolute atomic E-state index is 13.5. The monoisotopic (exact) mass is 476 g/mol. The van der Waals surface area contributed by atoms with E-state index in [1.54, 1.807) is 19.1 Å². The molecule has 1 atom stereocenters. The number of rotatable bonds is 4. The average Bonchev–Trinajstić information content (AvgIpc) is 2.44. The summed E-state index contributed by atoms with van der Waals surface area (Å²) in [5.41, 5.74) is 1.22. The number of aryl methyl sites for hydroxylation is 1. The number of halogens is 5. The van der Waals surface area contributed by atoms with E-state index in [1.807, 2.05) is 0 Å². The van der Waals surface area contributed by atoms with Crippen molar-refractivity contribution in [1.29, 1.82) is 0 Å². The second-order valence-electron chi connectivity index (χ2n) is 5.46. The molecule has 0 aliphatic heterocycles. The molecular formula is C18H13Br2F3O2. The summed E-state index contributed by atoms with van der Waals surface area (Å²) in [7, 11) is 0. The van der Waals surface area contributed by atoms with E-state index in [4.69, 9.17) is 5.11 Å². The Balaban J connectivity index is 2.39. The molecule has 2 aromatic rings. The molecule has 2 aromatic carbocycles. The van der Waals surface area contributed by atoms with Crippen molar-refractivity contribution in [2.75, 3.05) is 0 Å². The molecule has 0 fully saturated rings. The lowest BCUT2D eigenvalue weighted by Gasteiger charge is -2.18. The highest BCUT2D eigenvalue weighted by Crippen LogP contribution is 2.38. The van der Waals surface area contributed by atoms with Gasteiger partial charge in [0, 0.05) is 8.95 Å². The molecule has 0 bridgehead atoms. The predicted molar refractivity (Wildman–Crippen MR) is 97.8 cm³/mol. The Labute approximate surface area is 159 Å². The Morgan fingerprint density at radius 3 is 2.20 bits per heavy atom. The molecule has 0 radical (unpaired) electrons. The molecule has 0 saturated heterocycles. The zero-order chi connectivity index (χ0) is 18.8. The van der Waals surface area contributed by atoms with E-state index in [0.29, 0.717) is 20.1 Å². The normalized spacial score (nSPS) is 13.2. The van der Waals surface area contributed by atoms with Gasteiger partial charge in [0.2, 0.25) is 0 Å². The van der Waals surface area contributed by atoms with Crippen LogP contribution in [0.5, 0.6) is 0 Å². The fraction of sp³-hybridized carbons (Fsp3) is 0.167. The van der Waals surface area contributed by atoms with Crippen molar-refractivity contribution in [3.8, 4) is 0 Å². The van der Waals surface area contributed by atoms with Crippen molar-refractivity contribution >= 4 is 43.9 Å². The van der Waals surface area contributed by atoms with Crippen molar-refractivity contribution in [3.63, 3.8) is 0 Å². The number of carboxylic acid groups (broad SMARTS) is 1. The fourth-order valence-corrected chi connectivity index (χ4v) is 3.73. The number of hydrogen-bond donors (Lipinski definition) is 1. The SMILES string of the molecule is Cc1cc(/C=C/C(c2cc(Br)cc(Br)c2)C(F)(F)F)ccc1C(=O)O. The second-order valence-corrected chi connectivity index (χ2v) is 7.29. The zero-order valence-corrected chi connectivity index (χ0v) is 16.1. The van der Waals surface area contributed by atoms with Crippen LogP contribution >= 0.6 is 31.9 Å². The van der Waals surface area contributed by atoms with E-state index in [-0.39, 0.29) is 11.1 Å². The Morgan fingerprint density at radius 2 is 1.72 bits per heavy atom. The maximum Gasteiger partial charge on any atom is 0.399 e. The van der Waals surface area contributed by atoms with Crippen LogP contribution in [0.25, 0.3) is 6.08 Å². The van der Waals surface area contributed by atoms with Crippen LogP contribution in [0, 0.1) is 6.92 Å². The molecule has 0 aliphatic rings. The minimum absolute atomic E-state index is 0.101. The molecule has 0 heterocycles. The Morgan fingerprint density at radius 1 is 1.12 bits per heavy atom. The highest BCUT2D eigenvalue weighted by molar-refractivity contribution is 9.11. The predicted octanol–water partition coefficient (Wildman–Crippen LogP) is 6.58. The number of carboxylic acids is 1. The van der Waals surface area contributed by atoms with Gasteiger partial charge in [0.15, 0.2) is 0 Å². The second kappa shape index (κ2) is 7.74. The summed E-state index contributed by atoms with van der Waals surface area (Å²) >= 11 is 6.40. The van der Waals surface area contributed by atoms with Crippen LogP contribution in [0.3, 0.4) is 0 Å². The third kappa shape index (κ3) is 5.19. The first kappa shape index (κ1) is 19.7. The van der Waals surface area contributed by atoms with Gasteiger partial charge in [0.25, 0.3) is 0 Å². The first-order valence-electron chi connectivity index (χ1n) is 7.13. The van der Waals surface area contributed by atoms with Crippen LogP contribution in [0.1, 0.15) is 33.0 Å². The number of benzene rings is 2. The molecule has 2 nitrogen and oxygen atoms in total. The standard InChI is InChI=1S/C18H13Br2F3O2/c1-10-6-11(2-4-15(10)17(24)25)3-5-16(18(21,22)23)12-7-13(19)9-14(20)8-12/h2-9,16H,1H3,(H,24,25)/b5-3+. The van der Waals surface area contributed by atoms with E-state index in [1.165, 1.54) is 30.3 Å². The van der Waals surface area contributed by atoms with Gasteiger partial charge in [-0.2, -0.15) is 13.2 Å². The number of carbonyl (C=O) groups is 1. The molecule has 1 N–H and O–H groups in total. The third-order valence-electron chi connectivity index (χ3n) is 3.56. The molecule has 0 saturated carbocycles. The maximum atomic E-state index is 13.5. The van der Waals surface area contributed by atoms with Gasteiger partial charge in [-0.25, -0.2) is 4.79 Å². The summed E-state index contributed by atoms with van der Waals surface area (Å²) in [6.07, 6.45) is -2.03. The lowest BCUT2D eigenvalue weighted by Crippen LogP contribution is -2.19. The Kier molecular flexibility index (Phi) is 6.11. The summed E-state index contributed by atoms with van der Waals surface area (Å²) in [5, 5.41) is 9.01. The van der Waals surface area contributed by atoms with Gasteiger partial charge in [-0.3, -0.25) is 0 Å². The molecule has 2 rings (SSSR count). The van der Waals surface area contributed by atoms with Crippen LogP contribution in [-0.4, -0.2) is 17.3 Å². The van der Waals surface area contributed by atoms with Crippen molar-refractivity contribution < 1.29 is 23.1 Å². The van der Waals surface area contributed by atoms with Gasteiger partial charge >= 0.3 is 12.1 Å². The van der Waals surface area contributed by atoms with Crippen LogP contribution in [-0.2, 0) is 0 Å². The van der Waals surface area contributed by atoms with Gasteiger partial charge in [-0.15, -0.1) is 0 Å². The Bertz CT molecular complexity index is 809. The molecule has 0 aliphatic carbocycles. The first-order valence-corrected chi connectivity index (χ1v) is 8.71. The largest absolute Gasteiger partial charge is 0.478 e. The topological polar surface area (TPSA) is 37.3 Å². The lowest BCUT2D eigenvalue weighted by atomic mass is 9.96. The molecule has 0 aromatic heterocycles. The van der Waals surface area contributed by atoms with E-state index in [0.717, 1.165) is 6.08 Å². The molecule has 7 heteroatoms. The molecular weight excluding hydrogens is 465 g/mol. The van der Waals surface area contributed by atoms with Gasteiger partial charge in [0.05, 0.1) is 11.5 Å². The molecule has 0 spiro atoms. The number of hydrogen-bond acceptors (Lipinski definition) is 1. The minimum Gasteiger partial charge on any atom is -0.478 e. The third-order valence-corrected chi connectivity index (χ3v) is 4.47. The average molecular weight is 478 g/mol. The zero-order valence-electron chi connectivity index (χ0n) is 12.9. The summed E-state index contributed by atoms with van der Waals surface area (Å²) in [5.74, 6) is -2.85. The molecule has 132 valence electrons. The van der Waals surface area contributed by atoms with Crippen molar-refractivity contribution in [2.24, 2.45) is 0 Å². The summed E-state index contributed by atoms with van der Waals surface area (Å²) < 4.78 is 41.5. The van der Waals surface area contributed by atoms with Crippen molar-refractivity contribution in [2.45, 2.75) is 19.0 Å². The molecule has 25 heavy (non-hydrogen) atoms. The van der Waals surface area contributed by atoms with Gasteiger partial charge < -0.3 is 5.11 Å². The molecule has 1 unspecified atom stereocenters. The van der Waals surface area contributed by atoms with Crippen molar-refractivity contribution in [3.05, 3.63) is 73.7 Å². The summed E-state index contributed by atoms with van der Waals surface area (Å²) in [6, 6.07) is 8.92. The molecule has 0 amide bonds. The minimum atomic E-state index is -4.45. The van der Waals surface area contributed by atoms with Gasteiger partial charge in [-0.1, -0.05) is 56.1 Å².